The van der Waals surface area contributed by atoms with Crippen molar-refractivity contribution in [2.75, 3.05) is 7.11 Å². The standard InChI is InChI=1S/C9H5Cl2FN2O2/c1-16-9(15)4-2-3-6(12)5(10)7(11)14-8(3)13-4/h2H,1H3,(H,13,14). The van der Waals surface area contributed by atoms with E-state index in [1.54, 1.807) is 0 Å². The molecule has 0 aliphatic heterocycles. The number of H-pyrrole nitrogens is 1. The monoisotopic (exact) mass is 262 g/mol. The van der Waals surface area contributed by atoms with Gasteiger partial charge in [-0.25, -0.2) is 14.2 Å². The van der Waals surface area contributed by atoms with E-state index in [-0.39, 0.29) is 26.9 Å². The van der Waals surface area contributed by atoms with Crippen molar-refractivity contribution in [1.29, 1.82) is 0 Å². The number of rotatable bonds is 1. The number of pyridine rings is 1. The largest absolute Gasteiger partial charge is 0.464 e. The van der Waals surface area contributed by atoms with E-state index in [1.807, 2.05) is 0 Å². The van der Waals surface area contributed by atoms with Gasteiger partial charge in [0.05, 0.1) is 12.5 Å². The minimum Gasteiger partial charge on any atom is -0.464 e. The highest BCUT2D eigenvalue weighted by Gasteiger charge is 2.17. The second-order valence-electron chi connectivity index (χ2n) is 2.97. The first-order valence-corrected chi connectivity index (χ1v) is 4.91. The highest BCUT2D eigenvalue weighted by Crippen LogP contribution is 2.29. The summed E-state index contributed by atoms with van der Waals surface area (Å²) in [6, 6.07) is 1.27. The fraction of sp³-hybridized carbons (Fsp3) is 0.111. The number of esters is 1. The Bertz CT molecular complexity index is 582. The number of hydrogen-bond acceptors (Lipinski definition) is 3. The van der Waals surface area contributed by atoms with Gasteiger partial charge in [-0.1, -0.05) is 23.2 Å². The lowest BCUT2D eigenvalue weighted by Gasteiger charge is -1.97. The van der Waals surface area contributed by atoms with Gasteiger partial charge in [-0.2, -0.15) is 0 Å². The van der Waals surface area contributed by atoms with E-state index in [1.165, 1.54) is 13.2 Å². The van der Waals surface area contributed by atoms with Crippen LogP contribution in [0.1, 0.15) is 10.5 Å². The number of halogens is 3. The fourth-order valence-corrected chi connectivity index (χ4v) is 1.59. The second kappa shape index (κ2) is 3.92. The molecule has 16 heavy (non-hydrogen) atoms. The Morgan fingerprint density at radius 3 is 2.88 bits per heavy atom. The van der Waals surface area contributed by atoms with Gasteiger partial charge in [0.15, 0.2) is 11.0 Å². The number of nitrogens with zero attached hydrogens (tertiary/aromatic N) is 1. The van der Waals surface area contributed by atoms with Crippen molar-refractivity contribution in [2.45, 2.75) is 0 Å². The third-order valence-corrected chi connectivity index (χ3v) is 2.74. The van der Waals surface area contributed by atoms with Gasteiger partial charge in [0.1, 0.15) is 16.4 Å². The van der Waals surface area contributed by atoms with Crippen LogP contribution in [0, 0.1) is 5.82 Å². The zero-order valence-electron chi connectivity index (χ0n) is 7.97. The number of aromatic nitrogens is 2. The van der Waals surface area contributed by atoms with Gasteiger partial charge in [-0.15, -0.1) is 0 Å². The lowest BCUT2D eigenvalue weighted by Crippen LogP contribution is -2.00. The van der Waals surface area contributed by atoms with Gasteiger partial charge in [-0.3, -0.25) is 0 Å². The molecule has 0 aliphatic carbocycles. The molecule has 0 bridgehead atoms. The molecule has 0 amide bonds. The Balaban J connectivity index is 2.71. The van der Waals surface area contributed by atoms with E-state index >= 15 is 0 Å². The molecule has 4 nitrogen and oxygen atoms in total. The van der Waals surface area contributed by atoms with Crippen LogP contribution in [0.5, 0.6) is 0 Å². The van der Waals surface area contributed by atoms with Crippen molar-refractivity contribution in [1.82, 2.24) is 9.97 Å². The van der Waals surface area contributed by atoms with Crippen LogP contribution in [0.15, 0.2) is 6.07 Å². The zero-order valence-corrected chi connectivity index (χ0v) is 9.49. The van der Waals surface area contributed by atoms with Gasteiger partial charge >= 0.3 is 5.97 Å². The molecule has 0 spiro atoms. The van der Waals surface area contributed by atoms with Crippen molar-refractivity contribution < 1.29 is 13.9 Å². The smallest absolute Gasteiger partial charge is 0.354 e. The molecule has 0 aliphatic rings. The third-order valence-electron chi connectivity index (χ3n) is 2.02. The lowest BCUT2D eigenvalue weighted by molar-refractivity contribution is 0.0595. The average Bonchev–Trinajstić information content (AvgIpc) is 2.69. The maximum Gasteiger partial charge on any atom is 0.354 e. The molecule has 0 fully saturated rings. The van der Waals surface area contributed by atoms with Crippen molar-refractivity contribution in [3.63, 3.8) is 0 Å². The maximum absolute atomic E-state index is 13.6. The van der Waals surface area contributed by atoms with Crippen LogP contribution in [0.4, 0.5) is 4.39 Å². The van der Waals surface area contributed by atoms with E-state index in [0.29, 0.717) is 0 Å². The summed E-state index contributed by atoms with van der Waals surface area (Å²) in [7, 11) is 1.22. The summed E-state index contributed by atoms with van der Waals surface area (Å²) < 4.78 is 18.1. The fourth-order valence-electron chi connectivity index (χ4n) is 1.28. The Hall–Kier alpha value is -1.33. The van der Waals surface area contributed by atoms with Crippen molar-refractivity contribution in [3.8, 4) is 0 Å². The summed E-state index contributed by atoms with van der Waals surface area (Å²) >= 11 is 11.2. The number of fused-ring (bicyclic) bond motifs is 1. The number of carbonyl (C=O) groups excluding carboxylic acids is 1. The summed E-state index contributed by atoms with van der Waals surface area (Å²) in [5.41, 5.74) is 0.231. The molecule has 84 valence electrons. The molecule has 2 aromatic rings. The van der Waals surface area contributed by atoms with Gasteiger partial charge in [0.25, 0.3) is 0 Å². The molecule has 2 rings (SSSR count). The van der Waals surface area contributed by atoms with Gasteiger partial charge in [-0.05, 0) is 6.07 Å². The molecule has 0 aromatic carbocycles. The number of methoxy groups -OCH3 is 1. The van der Waals surface area contributed by atoms with Crippen molar-refractivity contribution in [3.05, 3.63) is 27.8 Å². The molecule has 2 heterocycles. The van der Waals surface area contributed by atoms with Gasteiger partial charge < -0.3 is 9.72 Å². The zero-order chi connectivity index (χ0) is 11.9. The molecule has 0 saturated heterocycles. The minimum absolute atomic E-state index is 0.0854. The van der Waals surface area contributed by atoms with Crippen LogP contribution in [-0.4, -0.2) is 23.0 Å². The summed E-state index contributed by atoms with van der Waals surface area (Å²) in [6.07, 6.45) is 0. The highest BCUT2D eigenvalue weighted by atomic mass is 35.5. The van der Waals surface area contributed by atoms with Crippen LogP contribution in [0.3, 0.4) is 0 Å². The Morgan fingerprint density at radius 1 is 1.56 bits per heavy atom. The number of ether oxygens (including phenoxy) is 1. The first-order chi connectivity index (χ1) is 7.54. The summed E-state index contributed by atoms with van der Waals surface area (Å²) in [5, 5.41) is -0.343. The maximum atomic E-state index is 13.6. The van der Waals surface area contributed by atoms with E-state index in [9.17, 15) is 9.18 Å². The van der Waals surface area contributed by atoms with Gasteiger partial charge in [0.2, 0.25) is 0 Å². The summed E-state index contributed by atoms with van der Waals surface area (Å²) in [4.78, 5) is 17.6. The van der Waals surface area contributed by atoms with E-state index in [0.717, 1.165) is 0 Å². The van der Waals surface area contributed by atoms with Crippen LogP contribution in [0.25, 0.3) is 11.0 Å². The third kappa shape index (κ3) is 1.62. The summed E-state index contributed by atoms with van der Waals surface area (Å²) in [6.45, 7) is 0. The molecule has 0 radical (unpaired) electrons. The van der Waals surface area contributed by atoms with Crippen molar-refractivity contribution in [2.24, 2.45) is 0 Å². The average molecular weight is 263 g/mol. The molecule has 0 unspecified atom stereocenters. The minimum atomic E-state index is -0.719. The number of aromatic amines is 1. The number of nitrogens with one attached hydrogen (secondary N) is 1. The van der Waals surface area contributed by atoms with E-state index in [4.69, 9.17) is 23.2 Å². The quantitative estimate of drug-likeness (QED) is 0.635. The summed E-state index contributed by atoms with van der Waals surface area (Å²) in [5.74, 6) is -1.34. The number of hydrogen-bond donors (Lipinski definition) is 1. The van der Waals surface area contributed by atoms with Crippen LogP contribution >= 0.6 is 23.2 Å². The first kappa shape index (κ1) is 11.2. The lowest BCUT2D eigenvalue weighted by atomic mass is 10.3. The van der Waals surface area contributed by atoms with Crippen LogP contribution < -0.4 is 0 Å². The normalized spacial score (nSPS) is 10.8. The predicted octanol–water partition coefficient (Wildman–Crippen LogP) is 2.80. The first-order valence-electron chi connectivity index (χ1n) is 4.16. The molecule has 1 N–H and O–H groups in total. The molecule has 0 atom stereocenters. The molecule has 2 aromatic heterocycles. The van der Waals surface area contributed by atoms with E-state index in [2.05, 4.69) is 14.7 Å². The second-order valence-corrected chi connectivity index (χ2v) is 3.70. The Labute approximate surface area is 99.3 Å². The van der Waals surface area contributed by atoms with Crippen molar-refractivity contribution >= 4 is 40.2 Å². The van der Waals surface area contributed by atoms with E-state index < -0.39 is 11.8 Å². The Morgan fingerprint density at radius 2 is 2.25 bits per heavy atom. The van der Waals surface area contributed by atoms with Crippen LogP contribution in [0.2, 0.25) is 10.2 Å². The number of carbonyl (C=O) groups is 1. The topological polar surface area (TPSA) is 55.0 Å². The predicted molar refractivity (Wildman–Crippen MR) is 57.4 cm³/mol. The Kier molecular flexibility index (Phi) is 2.73. The molecular formula is C9H5Cl2FN2O2. The molecular weight excluding hydrogens is 258 g/mol. The molecule has 0 saturated carbocycles. The van der Waals surface area contributed by atoms with Gasteiger partial charge in [0, 0.05) is 0 Å². The SMILES string of the molecule is COC(=O)c1cc2c(F)c(Cl)c(Cl)nc2[nH]1. The van der Waals surface area contributed by atoms with Crippen LogP contribution in [-0.2, 0) is 4.74 Å². The highest BCUT2D eigenvalue weighted by molar-refractivity contribution is 6.41. The molecule has 7 heteroatoms.